The number of carboxylic acid groups (broad SMARTS) is 1. The Bertz CT molecular complexity index is 902. The number of carboxylic acids is 1. The molecule has 1 aromatic heterocycles. The molecule has 1 amide bonds. The highest BCUT2D eigenvalue weighted by Crippen LogP contribution is 2.26. The Morgan fingerprint density at radius 2 is 1.88 bits per heavy atom. The number of amides is 1. The van der Waals surface area contributed by atoms with Crippen molar-refractivity contribution in [2.45, 2.75) is 12.6 Å². The summed E-state index contributed by atoms with van der Waals surface area (Å²) in [6.45, 7) is 0.0211. The second-order valence-electron chi connectivity index (χ2n) is 5.59. The molecule has 0 spiro atoms. The van der Waals surface area contributed by atoms with E-state index in [0.29, 0.717) is 5.56 Å². The van der Waals surface area contributed by atoms with Gasteiger partial charge in [-0.15, -0.1) is 0 Å². The first-order chi connectivity index (χ1) is 12.1. The van der Waals surface area contributed by atoms with E-state index in [2.05, 4.69) is 5.32 Å². The van der Waals surface area contributed by atoms with Crippen molar-refractivity contribution in [2.75, 3.05) is 7.11 Å². The van der Waals surface area contributed by atoms with Gasteiger partial charge in [0.25, 0.3) is 0 Å². The van der Waals surface area contributed by atoms with Crippen LogP contribution in [-0.4, -0.2) is 28.7 Å². The highest BCUT2D eigenvalue weighted by Gasteiger charge is 2.22. The second-order valence-corrected chi connectivity index (χ2v) is 5.59. The summed E-state index contributed by atoms with van der Waals surface area (Å²) in [4.78, 5) is 23.9. The largest absolute Gasteiger partial charge is 0.496 e. The van der Waals surface area contributed by atoms with Crippen LogP contribution in [0.5, 0.6) is 5.75 Å². The van der Waals surface area contributed by atoms with Crippen molar-refractivity contribution < 1.29 is 19.4 Å². The summed E-state index contributed by atoms with van der Waals surface area (Å²) in [5.41, 5.74) is 1.38. The van der Waals surface area contributed by atoms with E-state index < -0.39 is 12.0 Å². The number of ether oxygens (including phenoxy) is 1. The molecule has 0 fully saturated rings. The average Bonchev–Trinajstić information content (AvgIpc) is 3.03. The van der Waals surface area contributed by atoms with Crippen LogP contribution in [0.3, 0.4) is 0 Å². The fourth-order valence-electron chi connectivity index (χ4n) is 2.81. The number of nitrogens with one attached hydrogen (secondary N) is 1. The quantitative estimate of drug-likeness (QED) is 0.724. The number of aliphatic carboxylic acids is 1. The zero-order chi connectivity index (χ0) is 17.8. The maximum absolute atomic E-state index is 12.4. The van der Waals surface area contributed by atoms with E-state index in [-0.39, 0.29) is 12.5 Å². The first-order valence-electron chi connectivity index (χ1n) is 7.79. The van der Waals surface area contributed by atoms with Crippen molar-refractivity contribution in [1.82, 2.24) is 9.88 Å². The molecule has 128 valence electrons. The van der Waals surface area contributed by atoms with Gasteiger partial charge in [-0.3, -0.25) is 4.79 Å². The zero-order valence-corrected chi connectivity index (χ0v) is 13.7. The van der Waals surface area contributed by atoms with Gasteiger partial charge in [0.1, 0.15) is 12.3 Å². The fraction of sp³-hybridized carbons (Fsp3) is 0.158. The predicted octanol–water partition coefficient (Wildman–Crippen LogP) is 2.59. The third-order valence-corrected chi connectivity index (χ3v) is 3.99. The highest BCUT2D eigenvalue weighted by molar-refractivity contribution is 5.89. The Hall–Kier alpha value is -3.28. The van der Waals surface area contributed by atoms with Crippen LogP contribution >= 0.6 is 0 Å². The summed E-state index contributed by atoms with van der Waals surface area (Å²) < 4.78 is 7.07. The molecule has 1 atom stereocenters. The lowest BCUT2D eigenvalue weighted by Crippen LogP contribution is -2.35. The van der Waals surface area contributed by atoms with Crippen LogP contribution in [0.25, 0.3) is 10.9 Å². The highest BCUT2D eigenvalue weighted by atomic mass is 16.5. The van der Waals surface area contributed by atoms with Crippen molar-refractivity contribution in [3.05, 3.63) is 66.4 Å². The maximum Gasteiger partial charge on any atom is 0.330 e. The average molecular weight is 338 g/mol. The van der Waals surface area contributed by atoms with Crippen molar-refractivity contribution in [3.8, 4) is 5.75 Å². The van der Waals surface area contributed by atoms with Gasteiger partial charge in [0.15, 0.2) is 6.04 Å². The van der Waals surface area contributed by atoms with Gasteiger partial charge in [-0.25, -0.2) is 4.79 Å². The normalized spacial score (nSPS) is 11.9. The molecule has 25 heavy (non-hydrogen) atoms. The molecule has 0 aliphatic rings. The number of carbonyl (C=O) groups is 2. The van der Waals surface area contributed by atoms with Crippen LogP contribution in [0.2, 0.25) is 0 Å². The molecule has 1 heterocycles. The van der Waals surface area contributed by atoms with E-state index in [1.54, 1.807) is 48.2 Å². The van der Waals surface area contributed by atoms with Gasteiger partial charge in [-0.05, 0) is 23.8 Å². The minimum absolute atomic E-state index is 0.0211. The Kier molecular flexibility index (Phi) is 4.70. The van der Waals surface area contributed by atoms with Crippen LogP contribution in [-0.2, 0) is 16.1 Å². The van der Waals surface area contributed by atoms with E-state index in [1.165, 1.54) is 0 Å². The standard InChI is InChI=1S/C19H18N2O4/c1-25-16-9-5-8-15-14(16)10-11-21(15)12-17(22)20-18(19(23)24)13-6-3-2-4-7-13/h2-11,18H,12H2,1H3,(H,20,22)(H,23,24). The minimum atomic E-state index is -1.10. The molecule has 0 saturated carbocycles. The summed E-state index contributed by atoms with van der Waals surface area (Å²) in [7, 11) is 1.59. The van der Waals surface area contributed by atoms with Gasteiger partial charge in [0, 0.05) is 11.6 Å². The second kappa shape index (κ2) is 7.09. The molecule has 0 saturated heterocycles. The Morgan fingerprint density at radius 1 is 1.12 bits per heavy atom. The molecule has 6 nitrogen and oxygen atoms in total. The number of carbonyl (C=O) groups excluding carboxylic acids is 1. The van der Waals surface area contributed by atoms with Crippen molar-refractivity contribution in [2.24, 2.45) is 0 Å². The van der Waals surface area contributed by atoms with Gasteiger partial charge in [0.05, 0.1) is 12.6 Å². The van der Waals surface area contributed by atoms with Crippen LogP contribution < -0.4 is 10.1 Å². The van der Waals surface area contributed by atoms with E-state index >= 15 is 0 Å². The molecule has 2 N–H and O–H groups in total. The molecule has 1 unspecified atom stereocenters. The number of benzene rings is 2. The van der Waals surface area contributed by atoms with E-state index in [9.17, 15) is 14.7 Å². The molecule has 0 bridgehead atoms. The lowest BCUT2D eigenvalue weighted by molar-refractivity contribution is -0.142. The lowest BCUT2D eigenvalue weighted by atomic mass is 10.1. The molecule has 0 radical (unpaired) electrons. The summed E-state index contributed by atoms with van der Waals surface area (Å²) in [5, 5.41) is 12.9. The minimum Gasteiger partial charge on any atom is -0.496 e. The fourth-order valence-corrected chi connectivity index (χ4v) is 2.81. The third kappa shape index (κ3) is 3.47. The van der Waals surface area contributed by atoms with Gasteiger partial charge in [-0.2, -0.15) is 0 Å². The Labute approximate surface area is 144 Å². The van der Waals surface area contributed by atoms with Crippen LogP contribution in [0.15, 0.2) is 60.8 Å². The van der Waals surface area contributed by atoms with E-state index in [1.807, 2.05) is 24.3 Å². The molecule has 3 rings (SSSR count). The van der Waals surface area contributed by atoms with Crippen LogP contribution in [0.1, 0.15) is 11.6 Å². The molecule has 0 aliphatic heterocycles. The number of rotatable bonds is 6. The Morgan fingerprint density at radius 3 is 2.56 bits per heavy atom. The number of methoxy groups -OCH3 is 1. The van der Waals surface area contributed by atoms with Gasteiger partial charge >= 0.3 is 5.97 Å². The zero-order valence-electron chi connectivity index (χ0n) is 13.7. The van der Waals surface area contributed by atoms with E-state index in [0.717, 1.165) is 16.7 Å². The summed E-state index contributed by atoms with van der Waals surface area (Å²) >= 11 is 0. The summed E-state index contributed by atoms with van der Waals surface area (Å²) in [6.07, 6.45) is 1.78. The smallest absolute Gasteiger partial charge is 0.330 e. The maximum atomic E-state index is 12.4. The molecule has 0 aliphatic carbocycles. The number of nitrogens with zero attached hydrogens (tertiary/aromatic N) is 1. The van der Waals surface area contributed by atoms with Crippen molar-refractivity contribution in [3.63, 3.8) is 0 Å². The monoisotopic (exact) mass is 338 g/mol. The Balaban J connectivity index is 1.79. The SMILES string of the molecule is COc1cccc2c1ccn2CC(=O)NC(C(=O)O)c1ccccc1. The van der Waals surface area contributed by atoms with Crippen molar-refractivity contribution in [1.29, 1.82) is 0 Å². The number of aromatic nitrogens is 1. The first kappa shape index (κ1) is 16.6. The number of hydrogen-bond donors (Lipinski definition) is 2. The van der Waals surface area contributed by atoms with E-state index in [4.69, 9.17) is 4.74 Å². The predicted molar refractivity (Wildman–Crippen MR) is 93.5 cm³/mol. The molecule has 3 aromatic rings. The lowest BCUT2D eigenvalue weighted by Gasteiger charge is -2.15. The first-order valence-corrected chi connectivity index (χ1v) is 7.79. The topological polar surface area (TPSA) is 80.6 Å². The molecular formula is C19H18N2O4. The molecule has 2 aromatic carbocycles. The summed E-state index contributed by atoms with van der Waals surface area (Å²) in [5.74, 6) is -0.750. The van der Waals surface area contributed by atoms with Crippen LogP contribution in [0.4, 0.5) is 0 Å². The number of hydrogen-bond acceptors (Lipinski definition) is 3. The summed E-state index contributed by atoms with van der Waals surface area (Å²) in [6, 6.07) is 15.0. The molecular weight excluding hydrogens is 320 g/mol. The third-order valence-electron chi connectivity index (χ3n) is 3.99. The van der Waals surface area contributed by atoms with Gasteiger partial charge in [-0.1, -0.05) is 36.4 Å². The van der Waals surface area contributed by atoms with Gasteiger partial charge < -0.3 is 19.7 Å². The van der Waals surface area contributed by atoms with Crippen molar-refractivity contribution >= 4 is 22.8 Å². The van der Waals surface area contributed by atoms with Crippen LogP contribution in [0, 0.1) is 0 Å². The molecule has 6 heteroatoms. The number of fused-ring (bicyclic) bond motifs is 1. The van der Waals surface area contributed by atoms with Gasteiger partial charge in [0.2, 0.25) is 5.91 Å².